The molecule has 0 saturated heterocycles. The Balaban J connectivity index is 1.99. The molecule has 4 nitrogen and oxygen atoms in total. The van der Waals surface area contributed by atoms with Gasteiger partial charge in [0.25, 0.3) is 0 Å². The van der Waals surface area contributed by atoms with Crippen LogP contribution in [-0.4, -0.2) is 19.1 Å². The molecule has 104 valence electrons. The molecule has 1 aromatic rings. The minimum atomic E-state index is 0.0984. The number of nitrogens with one attached hydrogen (secondary N) is 1. The lowest BCUT2D eigenvalue weighted by Gasteiger charge is -2.25. The van der Waals surface area contributed by atoms with Gasteiger partial charge in [-0.05, 0) is 56.4 Å². The SMILES string of the molecule is COc1ccc(NC(=O)C2CCC(N)CC2)c(C)c1. The summed E-state index contributed by atoms with van der Waals surface area (Å²) in [7, 11) is 1.64. The zero-order valence-corrected chi connectivity index (χ0v) is 11.6. The first-order valence-electron chi connectivity index (χ1n) is 6.81. The second-order valence-electron chi connectivity index (χ2n) is 5.28. The molecule has 0 unspecified atom stereocenters. The highest BCUT2D eigenvalue weighted by Crippen LogP contribution is 2.26. The van der Waals surface area contributed by atoms with E-state index in [9.17, 15) is 4.79 Å². The van der Waals surface area contributed by atoms with Crippen molar-refractivity contribution in [2.24, 2.45) is 11.7 Å². The van der Waals surface area contributed by atoms with E-state index in [4.69, 9.17) is 10.5 Å². The Hall–Kier alpha value is -1.55. The Morgan fingerprint density at radius 1 is 1.32 bits per heavy atom. The number of amides is 1. The summed E-state index contributed by atoms with van der Waals surface area (Å²) in [6, 6.07) is 5.94. The monoisotopic (exact) mass is 262 g/mol. The molecule has 0 heterocycles. The summed E-state index contributed by atoms with van der Waals surface area (Å²) in [4.78, 5) is 12.2. The Morgan fingerprint density at radius 3 is 2.58 bits per heavy atom. The normalized spacial score (nSPS) is 22.9. The van der Waals surface area contributed by atoms with Gasteiger partial charge in [0.1, 0.15) is 5.75 Å². The van der Waals surface area contributed by atoms with Gasteiger partial charge in [-0.1, -0.05) is 0 Å². The van der Waals surface area contributed by atoms with E-state index in [2.05, 4.69) is 5.32 Å². The minimum absolute atomic E-state index is 0.0984. The summed E-state index contributed by atoms with van der Waals surface area (Å²) in [5.74, 6) is 1.01. The van der Waals surface area contributed by atoms with Crippen molar-refractivity contribution in [1.29, 1.82) is 0 Å². The van der Waals surface area contributed by atoms with E-state index in [-0.39, 0.29) is 17.9 Å². The molecule has 0 aromatic heterocycles. The molecule has 3 N–H and O–H groups in total. The van der Waals surface area contributed by atoms with E-state index < -0.39 is 0 Å². The van der Waals surface area contributed by atoms with Crippen molar-refractivity contribution in [3.63, 3.8) is 0 Å². The lowest BCUT2D eigenvalue weighted by molar-refractivity contribution is -0.120. The van der Waals surface area contributed by atoms with E-state index in [1.807, 2.05) is 25.1 Å². The van der Waals surface area contributed by atoms with Crippen LogP contribution in [0.3, 0.4) is 0 Å². The zero-order chi connectivity index (χ0) is 13.8. The minimum Gasteiger partial charge on any atom is -0.497 e. The molecule has 2 rings (SSSR count). The third-order valence-electron chi connectivity index (χ3n) is 3.83. The fourth-order valence-corrected chi connectivity index (χ4v) is 2.52. The highest BCUT2D eigenvalue weighted by Gasteiger charge is 2.24. The average Bonchev–Trinajstić information content (AvgIpc) is 2.41. The number of hydrogen-bond donors (Lipinski definition) is 2. The average molecular weight is 262 g/mol. The number of rotatable bonds is 3. The van der Waals surface area contributed by atoms with Crippen LogP contribution in [-0.2, 0) is 4.79 Å². The smallest absolute Gasteiger partial charge is 0.227 e. The van der Waals surface area contributed by atoms with E-state index >= 15 is 0 Å². The maximum Gasteiger partial charge on any atom is 0.227 e. The van der Waals surface area contributed by atoms with Crippen molar-refractivity contribution >= 4 is 11.6 Å². The van der Waals surface area contributed by atoms with Crippen molar-refractivity contribution in [1.82, 2.24) is 0 Å². The van der Waals surface area contributed by atoms with Gasteiger partial charge >= 0.3 is 0 Å². The maximum atomic E-state index is 12.2. The van der Waals surface area contributed by atoms with Crippen LogP contribution in [0.5, 0.6) is 5.75 Å². The fourth-order valence-electron chi connectivity index (χ4n) is 2.52. The zero-order valence-electron chi connectivity index (χ0n) is 11.6. The quantitative estimate of drug-likeness (QED) is 0.879. The Bertz CT molecular complexity index is 451. The van der Waals surface area contributed by atoms with E-state index in [1.54, 1.807) is 7.11 Å². The van der Waals surface area contributed by atoms with Gasteiger partial charge in [0.05, 0.1) is 7.11 Å². The number of aryl methyl sites for hydroxylation is 1. The van der Waals surface area contributed by atoms with Crippen molar-refractivity contribution in [3.05, 3.63) is 23.8 Å². The lowest BCUT2D eigenvalue weighted by atomic mass is 9.86. The summed E-state index contributed by atoms with van der Waals surface area (Å²) in [6.45, 7) is 1.97. The Morgan fingerprint density at radius 2 is 2.00 bits per heavy atom. The van der Waals surface area contributed by atoms with Gasteiger partial charge in [0.2, 0.25) is 5.91 Å². The van der Waals surface area contributed by atoms with Crippen LogP contribution in [0, 0.1) is 12.8 Å². The number of nitrogens with two attached hydrogens (primary N) is 1. The predicted octanol–water partition coefficient (Wildman–Crippen LogP) is 2.46. The number of anilines is 1. The van der Waals surface area contributed by atoms with Crippen LogP contribution in [0.4, 0.5) is 5.69 Å². The fraction of sp³-hybridized carbons (Fsp3) is 0.533. The summed E-state index contributed by atoms with van der Waals surface area (Å²) in [5, 5.41) is 3.01. The van der Waals surface area contributed by atoms with Crippen LogP contribution in [0.15, 0.2) is 18.2 Å². The standard InChI is InChI=1S/C15H22N2O2/c1-10-9-13(19-2)7-8-14(10)17-15(18)11-3-5-12(16)6-4-11/h7-9,11-12H,3-6,16H2,1-2H3,(H,17,18). The highest BCUT2D eigenvalue weighted by molar-refractivity contribution is 5.93. The number of methoxy groups -OCH3 is 1. The third-order valence-corrected chi connectivity index (χ3v) is 3.83. The first kappa shape index (κ1) is 13.9. The number of hydrogen-bond acceptors (Lipinski definition) is 3. The van der Waals surface area contributed by atoms with Crippen LogP contribution >= 0.6 is 0 Å². The molecule has 0 spiro atoms. The maximum absolute atomic E-state index is 12.2. The molecule has 1 saturated carbocycles. The molecule has 0 atom stereocenters. The van der Waals surface area contributed by atoms with E-state index in [0.29, 0.717) is 0 Å². The van der Waals surface area contributed by atoms with Gasteiger partial charge in [-0.15, -0.1) is 0 Å². The molecule has 4 heteroatoms. The molecule has 1 aliphatic carbocycles. The van der Waals surface area contributed by atoms with Crippen LogP contribution in [0.2, 0.25) is 0 Å². The summed E-state index contributed by atoms with van der Waals surface area (Å²) in [6.07, 6.45) is 3.67. The van der Waals surface area contributed by atoms with Gasteiger partial charge in [-0.3, -0.25) is 4.79 Å². The molecule has 0 bridgehead atoms. The molecule has 1 fully saturated rings. The Labute approximate surface area is 114 Å². The number of carbonyl (C=O) groups excluding carboxylic acids is 1. The highest BCUT2D eigenvalue weighted by atomic mass is 16.5. The van der Waals surface area contributed by atoms with Gasteiger partial charge in [-0.2, -0.15) is 0 Å². The van der Waals surface area contributed by atoms with E-state index in [1.165, 1.54) is 0 Å². The second kappa shape index (κ2) is 6.06. The van der Waals surface area contributed by atoms with E-state index in [0.717, 1.165) is 42.7 Å². The molecule has 1 aromatic carbocycles. The summed E-state index contributed by atoms with van der Waals surface area (Å²) < 4.78 is 5.16. The first-order valence-corrected chi connectivity index (χ1v) is 6.81. The molecule has 0 aliphatic heterocycles. The van der Waals surface area contributed by atoms with Crippen LogP contribution in [0.25, 0.3) is 0 Å². The third kappa shape index (κ3) is 3.47. The van der Waals surface area contributed by atoms with Crippen LogP contribution in [0.1, 0.15) is 31.2 Å². The molecule has 0 radical (unpaired) electrons. The molecule has 1 amide bonds. The van der Waals surface area contributed by atoms with Crippen molar-refractivity contribution < 1.29 is 9.53 Å². The summed E-state index contributed by atoms with van der Waals surface area (Å²) >= 11 is 0. The van der Waals surface area contributed by atoms with Gasteiger partial charge in [0.15, 0.2) is 0 Å². The molecular formula is C15H22N2O2. The van der Waals surface area contributed by atoms with Gasteiger partial charge < -0.3 is 15.8 Å². The number of carbonyl (C=O) groups is 1. The van der Waals surface area contributed by atoms with Crippen molar-refractivity contribution in [2.75, 3.05) is 12.4 Å². The lowest BCUT2D eigenvalue weighted by Crippen LogP contribution is -2.32. The number of benzene rings is 1. The second-order valence-corrected chi connectivity index (χ2v) is 5.28. The number of ether oxygens (including phenoxy) is 1. The largest absolute Gasteiger partial charge is 0.497 e. The summed E-state index contributed by atoms with van der Waals surface area (Å²) in [5.41, 5.74) is 7.74. The first-order chi connectivity index (χ1) is 9.10. The molecule has 19 heavy (non-hydrogen) atoms. The topological polar surface area (TPSA) is 64.3 Å². The van der Waals surface area contributed by atoms with Gasteiger partial charge in [-0.25, -0.2) is 0 Å². The molecule has 1 aliphatic rings. The molecular weight excluding hydrogens is 240 g/mol. The Kier molecular flexibility index (Phi) is 4.43. The van der Waals surface area contributed by atoms with Crippen molar-refractivity contribution in [2.45, 2.75) is 38.6 Å². The van der Waals surface area contributed by atoms with Gasteiger partial charge in [0, 0.05) is 17.6 Å². The predicted molar refractivity (Wildman–Crippen MR) is 76.3 cm³/mol. The van der Waals surface area contributed by atoms with Crippen molar-refractivity contribution in [3.8, 4) is 5.75 Å². The van der Waals surface area contributed by atoms with Crippen LogP contribution < -0.4 is 15.8 Å².